The fraction of sp³-hybridized carbons (Fsp3) is 0.602. The lowest BCUT2D eigenvalue weighted by Gasteiger charge is -2.28. The Bertz CT molecular complexity index is 4480. The van der Waals surface area contributed by atoms with Gasteiger partial charge in [0.15, 0.2) is 72.7 Å². The molecule has 1 amide bonds. The van der Waals surface area contributed by atoms with E-state index in [1.807, 2.05) is 43.5 Å². The predicted octanol–water partition coefficient (Wildman–Crippen LogP) is 13.9. The van der Waals surface area contributed by atoms with Crippen molar-refractivity contribution < 1.29 is 134 Å². The number of aliphatic carboxylic acids is 1. The smallest absolute Gasteiger partial charge is 0.434 e. The van der Waals surface area contributed by atoms with Crippen LogP contribution < -0.4 is 63.1 Å². The van der Waals surface area contributed by atoms with Gasteiger partial charge in [-0.15, -0.1) is 0 Å². The van der Waals surface area contributed by atoms with Crippen molar-refractivity contribution in [2.45, 2.75) is 206 Å². The van der Waals surface area contributed by atoms with Crippen LogP contribution in [0.4, 0.5) is 4.79 Å². The van der Waals surface area contributed by atoms with Gasteiger partial charge in [0, 0.05) is 128 Å². The number of aromatic nitrogens is 7. The maximum Gasteiger partial charge on any atom is 0.434 e. The van der Waals surface area contributed by atoms with E-state index in [0.717, 1.165) is 157 Å². The summed E-state index contributed by atoms with van der Waals surface area (Å²) in [4.78, 5) is 51.6. The van der Waals surface area contributed by atoms with Gasteiger partial charge in [-0.2, -0.15) is 33.1 Å². The summed E-state index contributed by atoms with van der Waals surface area (Å²) in [5, 5.41) is 115. The highest BCUT2D eigenvalue weighted by Gasteiger charge is 2.24. The van der Waals surface area contributed by atoms with Crippen LogP contribution in [0, 0.1) is 38.4 Å². The molecule has 1 fully saturated rings. The molecule has 7 aromatic heterocycles. The van der Waals surface area contributed by atoms with Crippen molar-refractivity contribution in [2.24, 2.45) is 11.7 Å². The lowest BCUT2D eigenvalue weighted by Crippen LogP contribution is -2.43. The first-order valence-electron chi connectivity index (χ1n) is 46.4. The zero-order chi connectivity index (χ0) is 99.8. The number of aliphatic hydroxyl groups excluding tert-OH is 10. The van der Waals surface area contributed by atoms with Gasteiger partial charge in [0.2, 0.25) is 0 Å². The molecule has 15 N–H and O–H groups in total. The molecule has 8 rings (SSSR count). The molecule has 0 aromatic carbocycles. The van der Waals surface area contributed by atoms with Crippen molar-refractivity contribution in [3.63, 3.8) is 0 Å². The molecule has 1 aliphatic rings. The Labute approximate surface area is 833 Å². The Morgan fingerprint density at radius 1 is 0.338 bits per heavy atom. The number of carboxylic acids is 1. The Morgan fingerprint density at radius 3 is 0.882 bits per heavy atom. The van der Waals surface area contributed by atoms with Crippen LogP contribution in [-0.4, -0.2) is 275 Å². The minimum absolute atomic E-state index is 0.0525. The zero-order valence-corrected chi connectivity index (χ0v) is 84.0. The van der Waals surface area contributed by atoms with Crippen LogP contribution in [0.5, 0.6) is 40.2 Å². The van der Waals surface area contributed by atoms with Gasteiger partial charge in [-0.25, -0.2) is 4.79 Å². The third-order valence-electron chi connectivity index (χ3n) is 18.9. The van der Waals surface area contributed by atoms with Crippen LogP contribution in [0.1, 0.15) is 200 Å². The Morgan fingerprint density at radius 2 is 0.581 bits per heavy atom. The molecule has 8 heterocycles. The van der Waals surface area contributed by atoms with E-state index in [-0.39, 0.29) is 91.8 Å². The van der Waals surface area contributed by atoms with Crippen molar-refractivity contribution in [3.8, 4) is 40.2 Å². The van der Waals surface area contributed by atoms with E-state index in [1.165, 1.54) is 26.6 Å². The number of carbonyl (C=O) groups excluding carboxylic acids is 1. The molecule has 43 heteroatoms. The number of unbranched alkanes of at least 4 members (excludes halogenated alkanes) is 17. The summed E-state index contributed by atoms with van der Waals surface area (Å²) in [7, 11) is 0. The number of hydrogen-bond donors (Lipinski definition) is 14. The highest BCUT2D eigenvalue weighted by atomic mass is 32.1. The van der Waals surface area contributed by atoms with E-state index in [4.69, 9.17) is 200 Å². The van der Waals surface area contributed by atoms with Gasteiger partial charge in [-0.3, -0.25) is 4.79 Å². The quantitative estimate of drug-likeness (QED) is 0.00956. The first-order valence-corrected chi connectivity index (χ1v) is 49.3. The minimum Gasteiger partial charge on any atom is -0.490 e. The number of piperidine rings is 1. The molecular weight excluding hydrogens is 1900 g/mol. The molecule has 1 unspecified atom stereocenters. The normalized spacial score (nSPS) is 11.5. The summed E-state index contributed by atoms with van der Waals surface area (Å²) in [6, 6.07) is 24.6. The number of amides is 1. The number of nitrogens with two attached hydrogens (primary N) is 1. The molecule has 36 nitrogen and oxygen atoms in total. The molecule has 1 aliphatic heterocycles. The summed E-state index contributed by atoms with van der Waals surface area (Å²) in [6.07, 6.45) is 35.5. The molecule has 0 radical (unpaired) electrons. The van der Waals surface area contributed by atoms with Crippen LogP contribution in [0.25, 0.3) is 0 Å². The van der Waals surface area contributed by atoms with Gasteiger partial charge >= 0.3 is 12.1 Å². The summed E-state index contributed by atoms with van der Waals surface area (Å²) in [5.74, 6) is 3.08. The van der Waals surface area contributed by atoms with E-state index < -0.39 is 12.1 Å². The van der Waals surface area contributed by atoms with Gasteiger partial charge in [0.05, 0.1) is 52.4 Å². The van der Waals surface area contributed by atoms with Crippen LogP contribution in [0.15, 0.2) is 128 Å². The van der Waals surface area contributed by atoms with Crippen molar-refractivity contribution >= 4 is 97.6 Å². The lowest BCUT2D eigenvalue weighted by atomic mass is 10.1. The van der Waals surface area contributed by atoms with Crippen molar-refractivity contribution in [1.82, 2.24) is 38.0 Å². The fourth-order valence-corrected chi connectivity index (χ4v) is 12.8. The lowest BCUT2D eigenvalue weighted by molar-refractivity contribution is -0.137. The standard InChI is InChI=1S/C17H30N2O3S.C17H29NO4S.C15H22N2O5S.C13H19NO5S.C13H21NO4S.2C9H13NO3S/c18-11-5-1-3-7-14-21-16-10-9-12-19(17(16)23)22-15-8-4-2-6-13-20;19-12-5-1-3-7-14-21-16-10-9-11-18(17(16)23)22-15-8-4-2-6-13-20;18-10-1-2-11-21-13-4-3-7-17(14(13)23)22-15(20)16-8-5-12(19)6-9-16;15-8-1-2-10-19-14-7-3-5-11(13(14)20)18-9-4-6-12(16)17;15-8-1-3-10-17-12-6-5-7-14(13(12)19)18-11-4-2-9-16;1-7(5-11)6-13-8-3-2-4-10(12)9(8)14;11-6-1-2-7-13-8-4-3-5-10(12)9(8)14/h9-10,12,20H,1-8,11,13-15,18H2;9-11,19-20H,1-8,12-15H2;3-4,7,12,18-19H,1-2,5-6,8-11H2;3,5,7,15H,1-2,4,6,8-10H2,(H,16,17);5-7,15-16H,1-4,8-11H2;2-4,7,11-12H,5-6H2,1H3;3-5,11-12H,1-2,6-7H2. The van der Waals surface area contributed by atoms with E-state index in [0.29, 0.717) is 190 Å². The van der Waals surface area contributed by atoms with Crippen molar-refractivity contribution in [1.29, 1.82) is 0 Å². The topological polar surface area (TPSA) is 472 Å². The third-order valence-corrected chi connectivity index (χ3v) is 21.6. The van der Waals surface area contributed by atoms with Gasteiger partial charge in [-0.05, 0) is 246 Å². The molecule has 136 heavy (non-hydrogen) atoms. The molecule has 0 spiro atoms. The summed E-state index contributed by atoms with van der Waals surface area (Å²) >= 11 is 36.3. The Hall–Kier alpha value is -8.71. The number of aliphatic hydroxyl groups is 10. The molecule has 0 aliphatic carbocycles. The van der Waals surface area contributed by atoms with Crippen LogP contribution >= 0.6 is 85.5 Å². The zero-order valence-electron chi connectivity index (χ0n) is 78.3. The summed E-state index contributed by atoms with van der Waals surface area (Å²) in [6.45, 7) is 10.8. The van der Waals surface area contributed by atoms with E-state index in [2.05, 4.69) is 0 Å². The highest BCUT2D eigenvalue weighted by Crippen LogP contribution is 2.21. The minimum atomic E-state index is -0.845. The van der Waals surface area contributed by atoms with Crippen LogP contribution in [0.3, 0.4) is 0 Å². The Kier molecular flexibility index (Phi) is 74.6. The van der Waals surface area contributed by atoms with Crippen molar-refractivity contribution in [3.05, 3.63) is 161 Å². The second kappa shape index (κ2) is 82.2. The average molecular weight is 2050 g/mol. The van der Waals surface area contributed by atoms with Crippen LogP contribution in [0.2, 0.25) is 0 Å². The Balaban J connectivity index is 0.000000541. The molecule has 7 aromatic rings. The van der Waals surface area contributed by atoms with E-state index in [1.54, 1.807) is 93.7 Å². The SMILES string of the molecule is CC(CO)COc1cccn(O)c1=S.NCCCCCCOc1cccn(OCCCCCCO)c1=S.O=C(O)CCCOc1cccn(OCCCCO)c1=S.O=C(On1cccc(OCCCCO)c1=S)N1CCC(O)CC1.OCCCCCCOc1cccn(OCCCCCCO)c1=S.OCCCCOc1cccn(O)c1=S.OCCCCOc1cccn(OCCCCO)c1=S. The number of likely N-dealkylation sites (tertiary alicyclic amines) is 1. The van der Waals surface area contributed by atoms with Crippen molar-refractivity contribution in [2.75, 3.05) is 152 Å². The first kappa shape index (κ1) is 123. The summed E-state index contributed by atoms with van der Waals surface area (Å²) in [5.41, 5.74) is 5.47. The molecule has 0 saturated carbocycles. The van der Waals surface area contributed by atoms with Crippen LogP contribution in [-0.2, 0) is 4.79 Å². The summed E-state index contributed by atoms with van der Waals surface area (Å²) < 4.78 is 50.5. The second-order valence-electron chi connectivity index (χ2n) is 30.4. The number of ether oxygens (including phenoxy) is 7. The first-order chi connectivity index (χ1) is 66.0. The van der Waals surface area contributed by atoms with Gasteiger partial charge < -0.3 is 135 Å². The largest absolute Gasteiger partial charge is 0.490 e. The number of carboxylic acid groups (broad SMARTS) is 1. The average Bonchev–Trinajstić information content (AvgIpc) is 0.828. The number of hydrogen-bond acceptors (Lipinski definition) is 34. The number of nitrogens with zero attached hydrogens (tertiary/aromatic N) is 8. The van der Waals surface area contributed by atoms with E-state index in [9.17, 15) is 25.1 Å². The predicted molar refractivity (Wildman–Crippen MR) is 533 cm³/mol. The maximum absolute atomic E-state index is 12.1. The van der Waals surface area contributed by atoms with Gasteiger partial charge in [0.1, 0.15) is 26.4 Å². The monoisotopic (exact) mass is 2050 g/mol. The molecule has 1 saturated heterocycles. The van der Waals surface area contributed by atoms with Gasteiger partial charge in [-0.1, -0.05) is 125 Å². The number of rotatable bonds is 63. The maximum atomic E-state index is 12.1. The van der Waals surface area contributed by atoms with Gasteiger partial charge in [0.25, 0.3) is 0 Å². The molecule has 1 atom stereocenters. The van der Waals surface area contributed by atoms with E-state index >= 15 is 0 Å². The third kappa shape index (κ3) is 57.6. The molecular formula is C93H147N9O27S7. The molecule has 0 bridgehead atoms. The number of pyridine rings is 7. The second-order valence-corrected chi connectivity index (χ2v) is 33.1. The fourth-order valence-electron chi connectivity index (χ4n) is 11.3. The highest BCUT2D eigenvalue weighted by molar-refractivity contribution is 7.72. The number of carbonyl (C=O) groups is 2. The molecule has 768 valence electrons.